The zero-order chi connectivity index (χ0) is 21.1. The zero-order valence-corrected chi connectivity index (χ0v) is 16.2. The molecule has 2 aromatic heterocycles. The van der Waals surface area contributed by atoms with Crippen molar-refractivity contribution < 1.29 is 18.0 Å². The number of hydrogen-bond acceptors (Lipinski definition) is 3. The first-order chi connectivity index (χ1) is 14.4. The van der Waals surface area contributed by atoms with Crippen LogP contribution < -0.4 is 10.6 Å². The predicted octanol–water partition coefficient (Wildman–Crippen LogP) is 4.93. The van der Waals surface area contributed by atoms with E-state index in [1.54, 1.807) is 6.20 Å². The molecule has 6 nitrogen and oxygen atoms in total. The minimum atomic E-state index is -4.54. The molecule has 0 unspecified atom stereocenters. The first kappa shape index (κ1) is 20.2. The van der Waals surface area contributed by atoms with Crippen LogP contribution in [0.2, 0.25) is 0 Å². The third-order valence-corrected chi connectivity index (χ3v) is 5.33. The number of nitrogens with zero attached hydrogens (tertiary/aromatic N) is 3. The molecule has 2 amide bonds. The quantitative estimate of drug-likeness (QED) is 0.618. The largest absolute Gasteiger partial charge is 0.418 e. The fraction of sp³-hybridized carbons (Fsp3) is 0.381. The molecule has 1 aliphatic rings. The maximum Gasteiger partial charge on any atom is 0.418 e. The lowest BCUT2D eigenvalue weighted by molar-refractivity contribution is -0.136. The van der Waals surface area contributed by atoms with E-state index in [0.717, 1.165) is 48.7 Å². The summed E-state index contributed by atoms with van der Waals surface area (Å²) in [5.74, 6) is 0.826. The van der Waals surface area contributed by atoms with Crippen molar-refractivity contribution in [3.63, 3.8) is 0 Å². The summed E-state index contributed by atoms with van der Waals surface area (Å²) in [5, 5.41) is 4.92. The van der Waals surface area contributed by atoms with Gasteiger partial charge in [0, 0.05) is 25.2 Å². The first-order valence-corrected chi connectivity index (χ1v) is 9.96. The number of nitrogens with one attached hydrogen (secondary N) is 2. The number of rotatable bonds is 5. The second kappa shape index (κ2) is 8.33. The van der Waals surface area contributed by atoms with Crippen LogP contribution in [0.1, 0.15) is 43.1 Å². The number of fused-ring (bicyclic) bond motifs is 1. The number of anilines is 1. The Morgan fingerprint density at radius 3 is 2.67 bits per heavy atom. The second-order valence-corrected chi connectivity index (χ2v) is 7.36. The highest BCUT2D eigenvalue weighted by Crippen LogP contribution is 2.35. The van der Waals surface area contributed by atoms with Gasteiger partial charge in [0.15, 0.2) is 5.65 Å². The third kappa shape index (κ3) is 4.24. The number of urea groups is 1. The van der Waals surface area contributed by atoms with Crippen LogP contribution >= 0.6 is 0 Å². The molecule has 1 fully saturated rings. The van der Waals surface area contributed by atoms with Crippen molar-refractivity contribution in [2.45, 2.75) is 44.3 Å². The molecule has 0 spiro atoms. The van der Waals surface area contributed by atoms with Gasteiger partial charge in [-0.25, -0.2) is 14.8 Å². The summed E-state index contributed by atoms with van der Waals surface area (Å²) in [7, 11) is 0. The van der Waals surface area contributed by atoms with E-state index >= 15 is 0 Å². The maximum absolute atomic E-state index is 13.1. The van der Waals surface area contributed by atoms with E-state index in [-0.39, 0.29) is 12.2 Å². The second-order valence-electron chi connectivity index (χ2n) is 7.36. The summed E-state index contributed by atoms with van der Waals surface area (Å²) in [6.45, 7) is 0.246. The highest BCUT2D eigenvalue weighted by atomic mass is 19.4. The minimum Gasteiger partial charge on any atom is -0.337 e. The fourth-order valence-electron chi connectivity index (χ4n) is 3.99. The number of benzene rings is 1. The van der Waals surface area contributed by atoms with Crippen LogP contribution in [-0.4, -0.2) is 27.1 Å². The number of hydrogen-bond donors (Lipinski definition) is 2. The lowest BCUT2D eigenvalue weighted by Gasteiger charge is -2.16. The Balaban J connectivity index is 1.43. The summed E-state index contributed by atoms with van der Waals surface area (Å²) >= 11 is 0. The normalized spacial score (nSPS) is 14.9. The minimum absolute atomic E-state index is 0.246. The SMILES string of the molecule is O=C(NCCc1nc2cccnc2n1C1CCCC1)Nc1ccccc1C(F)(F)F. The van der Waals surface area contributed by atoms with E-state index in [2.05, 4.69) is 25.2 Å². The Labute approximate surface area is 171 Å². The monoisotopic (exact) mass is 417 g/mol. The number of carbonyl (C=O) groups is 1. The lowest BCUT2D eigenvalue weighted by atomic mass is 10.1. The van der Waals surface area contributed by atoms with Gasteiger partial charge < -0.3 is 15.2 Å². The molecule has 1 aromatic carbocycles. The number of para-hydroxylation sites is 1. The molecule has 2 N–H and O–H groups in total. The number of alkyl halides is 3. The van der Waals surface area contributed by atoms with Gasteiger partial charge in [-0.1, -0.05) is 25.0 Å². The number of aromatic nitrogens is 3. The van der Waals surface area contributed by atoms with Crippen LogP contribution in [0.15, 0.2) is 42.6 Å². The summed E-state index contributed by atoms with van der Waals surface area (Å²) in [6.07, 6.45) is 2.12. The van der Waals surface area contributed by atoms with Crippen molar-refractivity contribution in [2.75, 3.05) is 11.9 Å². The van der Waals surface area contributed by atoms with E-state index in [9.17, 15) is 18.0 Å². The predicted molar refractivity (Wildman–Crippen MR) is 107 cm³/mol. The van der Waals surface area contributed by atoms with Crippen molar-refractivity contribution in [2.24, 2.45) is 0 Å². The molecule has 9 heteroatoms. The van der Waals surface area contributed by atoms with Crippen molar-refractivity contribution in [3.8, 4) is 0 Å². The Hall–Kier alpha value is -3.10. The van der Waals surface area contributed by atoms with Crippen LogP contribution in [0.4, 0.5) is 23.7 Å². The van der Waals surface area contributed by atoms with Gasteiger partial charge in [0.05, 0.1) is 11.3 Å². The third-order valence-electron chi connectivity index (χ3n) is 5.33. The Morgan fingerprint density at radius 1 is 1.13 bits per heavy atom. The molecule has 4 rings (SSSR count). The zero-order valence-electron chi connectivity index (χ0n) is 16.2. The molecule has 0 bridgehead atoms. The number of amides is 2. The van der Waals surface area contributed by atoms with E-state index in [0.29, 0.717) is 12.5 Å². The van der Waals surface area contributed by atoms with E-state index in [1.807, 2.05) is 12.1 Å². The van der Waals surface area contributed by atoms with Crippen molar-refractivity contribution in [1.29, 1.82) is 0 Å². The van der Waals surface area contributed by atoms with Gasteiger partial charge in [0.2, 0.25) is 0 Å². The molecule has 0 saturated heterocycles. The van der Waals surface area contributed by atoms with Gasteiger partial charge in [0.1, 0.15) is 11.3 Å². The number of carbonyl (C=O) groups excluding carboxylic acids is 1. The molecule has 30 heavy (non-hydrogen) atoms. The van der Waals surface area contributed by atoms with Crippen molar-refractivity contribution in [1.82, 2.24) is 19.9 Å². The van der Waals surface area contributed by atoms with Crippen molar-refractivity contribution in [3.05, 3.63) is 54.0 Å². The standard InChI is InChI=1S/C21H22F3N5O/c22-21(23,24)15-8-3-4-9-16(15)28-20(30)26-13-11-18-27-17-10-5-12-25-19(17)29(18)14-6-1-2-7-14/h3-5,8-10,12,14H,1-2,6-7,11,13H2,(H2,26,28,30). The summed E-state index contributed by atoms with van der Waals surface area (Å²) in [6, 6.07) is 8.30. The Bertz CT molecular complexity index is 1040. The Morgan fingerprint density at radius 2 is 1.90 bits per heavy atom. The molecular formula is C21H22F3N5O. The maximum atomic E-state index is 13.1. The number of pyridine rings is 1. The van der Waals surface area contributed by atoms with Crippen LogP contribution in [-0.2, 0) is 12.6 Å². The fourth-order valence-corrected chi connectivity index (χ4v) is 3.99. The number of halogens is 3. The highest BCUT2D eigenvalue weighted by Gasteiger charge is 2.33. The molecule has 2 heterocycles. The van der Waals surface area contributed by atoms with Crippen LogP contribution in [0, 0.1) is 0 Å². The van der Waals surface area contributed by atoms with Gasteiger partial charge >= 0.3 is 12.2 Å². The van der Waals surface area contributed by atoms with Crippen LogP contribution in [0.25, 0.3) is 11.2 Å². The first-order valence-electron chi connectivity index (χ1n) is 9.96. The molecule has 0 aliphatic heterocycles. The molecule has 158 valence electrons. The van der Waals surface area contributed by atoms with Crippen molar-refractivity contribution >= 4 is 22.9 Å². The summed E-state index contributed by atoms with van der Waals surface area (Å²) in [5.41, 5.74) is 0.491. The summed E-state index contributed by atoms with van der Waals surface area (Å²) < 4.78 is 41.4. The van der Waals surface area contributed by atoms with E-state index in [1.165, 1.54) is 18.2 Å². The number of imidazole rings is 1. The van der Waals surface area contributed by atoms with Gasteiger partial charge in [-0.05, 0) is 37.1 Å². The molecule has 1 aliphatic carbocycles. The lowest BCUT2D eigenvalue weighted by Crippen LogP contribution is -2.31. The molecule has 0 radical (unpaired) electrons. The van der Waals surface area contributed by atoms with Gasteiger partial charge in [-0.2, -0.15) is 13.2 Å². The smallest absolute Gasteiger partial charge is 0.337 e. The van der Waals surface area contributed by atoms with E-state index in [4.69, 9.17) is 0 Å². The highest BCUT2D eigenvalue weighted by molar-refractivity contribution is 5.90. The molecular weight excluding hydrogens is 395 g/mol. The van der Waals surface area contributed by atoms with E-state index < -0.39 is 17.8 Å². The molecule has 1 saturated carbocycles. The van der Waals surface area contributed by atoms with Gasteiger partial charge in [-0.15, -0.1) is 0 Å². The Kier molecular flexibility index (Phi) is 5.61. The average Bonchev–Trinajstić information content (AvgIpc) is 3.34. The van der Waals surface area contributed by atoms with Gasteiger partial charge in [-0.3, -0.25) is 0 Å². The van der Waals surface area contributed by atoms with Crippen LogP contribution in [0.5, 0.6) is 0 Å². The average molecular weight is 417 g/mol. The molecule has 0 atom stereocenters. The van der Waals surface area contributed by atoms with Crippen LogP contribution in [0.3, 0.4) is 0 Å². The topological polar surface area (TPSA) is 71.8 Å². The summed E-state index contributed by atoms with van der Waals surface area (Å²) in [4.78, 5) is 21.3. The molecule has 3 aromatic rings. The van der Waals surface area contributed by atoms with Gasteiger partial charge in [0.25, 0.3) is 0 Å².